The van der Waals surface area contributed by atoms with E-state index >= 15 is 0 Å². The molecule has 102 valence electrons. The fourth-order valence-electron chi connectivity index (χ4n) is 1.62. The molecule has 0 N–H and O–H groups in total. The SMILES string of the molecule is CC.CC(C)CC(C)C.CCCCCCC. The van der Waals surface area contributed by atoms with Crippen molar-refractivity contribution in [3.63, 3.8) is 0 Å². The second kappa shape index (κ2) is 20.4. The predicted molar refractivity (Wildman–Crippen MR) is 80.1 cm³/mol. The number of hydrogen-bond acceptors (Lipinski definition) is 0. The monoisotopic (exact) mass is 230 g/mol. The van der Waals surface area contributed by atoms with Gasteiger partial charge in [-0.15, -0.1) is 0 Å². The van der Waals surface area contributed by atoms with Gasteiger partial charge in [-0.05, 0) is 18.3 Å². The van der Waals surface area contributed by atoms with Crippen LogP contribution >= 0.6 is 0 Å². The van der Waals surface area contributed by atoms with Crippen LogP contribution in [0.4, 0.5) is 0 Å². The van der Waals surface area contributed by atoms with Crippen LogP contribution in [0.1, 0.15) is 93.9 Å². The largest absolute Gasteiger partial charge is 0.0683 e. The first-order valence-electron chi connectivity index (χ1n) is 7.54. The van der Waals surface area contributed by atoms with Gasteiger partial charge in [-0.3, -0.25) is 0 Å². The van der Waals surface area contributed by atoms with Gasteiger partial charge in [-0.1, -0.05) is 87.5 Å². The summed E-state index contributed by atoms with van der Waals surface area (Å²) >= 11 is 0. The van der Waals surface area contributed by atoms with Gasteiger partial charge in [0, 0.05) is 0 Å². The summed E-state index contributed by atoms with van der Waals surface area (Å²) in [7, 11) is 0. The van der Waals surface area contributed by atoms with Gasteiger partial charge in [0.2, 0.25) is 0 Å². The molecule has 0 aromatic heterocycles. The van der Waals surface area contributed by atoms with Crippen LogP contribution in [-0.4, -0.2) is 0 Å². The van der Waals surface area contributed by atoms with E-state index in [1.165, 1.54) is 38.5 Å². The van der Waals surface area contributed by atoms with E-state index in [9.17, 15) is 0 Å². The summed E-state index contributed by atoms with van der Waals surface area (Å²) in [6, 6.07) is 0. The standard InChI is InChI=1S/2C7H16.C2H6/c1-6(2)5-7(3)4;1-3-5-7-6-4-2;1-2/h6-7H,5H2,1-4H3;3-7H2,1-2H3;1-2H3. The molecular formula is C16H38. The van der Waals surface area contributed by atoms with Crippen molar-refractivity contribution in [2.45, 2.75) is 93.9 Å². The van der Waals surface area contributed by atoms with Crippen LogP contribution in [0.5, 0.6) is 0 Å². The Bertz CT molecular complexity index is 72.0. The van der Waals surface area contributed by atoms with Crippen LogP contribution < -0.4 is 0 Å². The summed E-state index contributed by atoms with van der Waals surface area (Å²) in [6.07, 6.45) is 8.37. The lowest BCUT2D eigenvalue weighted by Crippen LogP contribution is -1.93. The average molecular weight is 230 g/mol. The summed E-state index contributed by atoms with van der Waals surface area (Å²) in [4.78, 5) is 0. The van der Waals surface area contributed by atoms with E-state index in [-0.39, 0.29) is 0 Å². The third-order valence-electron chi connectivity index (χ3n) is 2.15. The maximum atomic E-state index is 2.26. The fourth-order valence-corrected chi connectivity index (χ4v) is 1.62. The highest BCUT2D eigenvalue weighted by molar-refractivity contribution is 4.47. The van der Waals surface area contributed by atoms with Gasteiger partial charge in [0.1, 0.15) is 0 Å². The van der Waals surface area contributed by atoms with E-state index in [1.54, 1.807) is 0 Å². The van der Waals surface area contributed by atoms with Gasteiger partial charge in [0.15, 0.2) is 0 Å². The lowest BCUT2D eigenvalue weighted by molar-refractivity contribution is 0.469. The van der Waals surface area contributed by atoms with E-state index in [2.05, 4.69) is 41.5 Å². The quantitative estimate of drug-likeness (QED) is 0.446. The van der Waals surface area contributed by atoms with Crippen molar-refractivity contribution in [1.82, 2.24) is 0 Å². The minimum atomic E-state index is 0.875. The van der Waals surface area contributed by atoms with E-state index in [0.29, 0.717) is 0 Å². The molecule has 0 saturated heterocycles. The Morgan fingerprint density at radius 2 is 0.938 bits per heavy atom. The Labute approximate surface area is 106 Å². The van der Waals surface area contributed by atoms with Crippen molar-refractivity contribution in [2.75, 3.05) is 0 Å². The fraction of sp³-hybridized carbons (Fsp3) is 1.00. The molecule has 0 aliphatic carbocycles. The first-order valence-corrected chi connectivity index (χ1v) is 7.54. The number of hydrogen-bond donors (Lipinski definition) is 0. The lowest BCUT2D eigenvalue weighted by Gasteiger charge is -2.05. The van der Waals surface area contributed by atoms with Crippen molar-refractivity contribution in [2.24, 2.45) is 11.8 Å². The second-order valence-electron chi connectivity index (χ2n) is 5.08. The average Bonchev–Trinajstić information content (AvgIpc) is 2.20. The van der Waals surface area contributed by atoms with Crippen LogP contribution in [0.25, 0.3) is 0 Å². The number of unbranched alkanes of at least 4 members (excludes halogenated alkanes) is 4. The molecule has 0 heterocycles. The highest BCUT2D eigenvalue weighted by atomic mass is 14.0. The van der Waals surface area contributed by atoms with Crippen molar-refractivity contribution >= 4 is 0 Å². The summed E-state index contributed by atoms with van der Waals surface area (Å²) in [5.74, 6) is 1.75. The predicted octanol–water partition coefficient (Wildman–Crippen LogP) is 6.69. The summed E-state index contributed by atoms with van der Waals surface area (Å²) < 4.78 is 0. The molecule has 0 nitrogen and oxygen atoms in total. The van der Waals surface area contributed by atoms with Gasteiger partial charge in [0.25, 0.3) is 0 Å². The highest BCUT2D eigenvalue weighted by Gasteiger charge is 1.95. The van der Waals surface area contributed by atoms with E-state index in [0.717, 1.165) is 11.8 Å². The first-order chi connectivity index (χ1) is 7.54. The summed E-state index contributed by atoms with van der Waals surface area (Å²) in [6.45, 7) is 17.5. The minimum absolute atomic E-state index is 0.875. The molecule has 0 unspecified atom stereocenters. The normalized spacial score (nSPS) is 9.38. The van der Waals surface area contributed by atoms with Gasteiger partial charge in [-0.2, -0.15) is 0 Å². The third-order valence-corrected chi connectivity index (χ3v) is 2.15. The van der Waals surface area contributed by atoms with Crippen LogP contribution in [0.3, 0.4) is 0 Å². The van der Waals surface area contributed by atoms with Gasteiger partial charge in [0.05, 0.1) is 0 Å². The van der Waals surface area contributed by atoms with Gasteiger partial charge >= 0.3 is 0 Å². The molecule has 0 atom stereocenters. The van der Waals surface area contributed by atoms with E-state index < -0.39 is 0 Å². The lowest BCUT2D eigenvalue weighted by atomic mass is 10.0. The minimum Gasteiger partial charge on any atom is -0.0683 e. The Morgan fingerprint density at radius 1 is 0.625 bits per heavy atom. The maximum absolute atomic E-state index is 2.26. The highest BCUT2D eigenvalue weighted by Crippen LogP contribution is 2.08. The van der Waals surface area contributed by atoms with E-state index in [4.69, 9.17) is 0 Å². The summed E-state index contributed by atoms with van der Waals surface area (Å²) in [5, 5.41) is 0. The maximum Gasteiger partial charge on any atom is -0.0469 e. The van der Waals surface area contributed by atoms with Crippen molar-refractivity contribution in [3.05, 3.63) is 0 Å². The summed E-state index contributed by atoms with van der Waals surface area (Å²) in [5.41, 5.74) is 0. The molecule has 0 radical (unpaired) electrons. The molecule has 16 heavy (non-hydrogen) atoms. The molecule has 0 saturated carbocycles. The molecule has 0 aromatic carbocycles. The molecule has 0 aliphatic rings. The van der Waals surface area contributed by atoms with Crippen LogP contribution in [-0.2, 0) is 0 Å². The second-order valence-corrected chi connectivity index (χ2v) is 5.08. The van der Waals surface area contributed by atoms with Gasteiger partial charge < -0.3 is 0 Å². The molecule has 0 spiro atoms. The van der Waals surface area contributed by atoms with Crippen molar-refractivity contribution in [1.29, 1.82) is 0 Å². The molecule has 0 heteroatoms. The van der Waals surface area contributed by atoms with Crippen molar-refractivity contribution in [3.8, 4) is 0 Å². The zero-order chi connectivity index (χ0) is 13.4. The smallest absolute Gasteiger partial charge is 0.0469 e. The molecule has 0 fully saturated rings. The Hall–Kier alpha value is 0. The Balaban J connectivity index is -0.000000183. The Morgan fingerprint density at radius 3 is 1.06 bits per heavy atom. The molecular weight excluding hydrogens is 192 g/mol. The number of rotatable bonds is 6. The van der Waals surface area contributed by atoms with Crippen LogP contribution in [0.15, 0.2) is 0 Å². The van der Waals surface area contributed by atoms with Crippen LogP contribution in [0.2, 0.25) is 0 Å². The van der Waals surface area contributed by atoms with Gasteiger partial charge in [-0.25, -0.2) is 0 Å². The third kappa shape index (κ3) is 37.0. The molecule has 0 aliphatic heterocycles. The Kier molecular flexibility index (Phi) is 27.2. The molecule has 0 bridgehead atoms. The molecule has 0 aromatic rings. The first kappa shape index (κ1) is 21.3. The molecule has 0 amide bonds. The van der Waals surface area contributed by atoms with E-state index in [1.807, 2.05) is 13.8 Å². The molecule has 0 rings (SSSR count). The van der Waals surface area contributed by atoms with Crippen LogP contribution in [0, 0.1) is 11.8 Å². The zero-order valence-corrected chi connectivity index (χ0v) is 13.4. The zero-order valence-electron chi connectivity index (χ0n) is 13.4. The topological polar surface area (TPSA) is 0 Å². The van der Waals surface area contributed by atoms with Crippen molar-refractivity contribution < 1.29 is 0 Å².